The Morgan fingerprint density at radius 1 is 1.35 bits per heavy atom. The van der Waals surface area contributed by atoms with Gasteiger partial charge in [0.05, 0.1) is 11.4 Å². The smallest absolute Gasteiger partial charge is 0.274 e. The molecule has 6 nitrogen and oxygen atoms in total. The van der Waals surface area contributed by atoms with Gasteiger partial charge in [0.1, 0.15) is 5.69 Å². The lowest BCUT2D eigenvalue weighted by atomic mass is 10.2. The van der Waals surface area contributed by atoms with E-state index in [1.807, 2.05) is 11.8 Å². The number of nitrogens with zero attached hydrogens (tertiary/aromatic N) is 4. The Bertz CT molecular complexity index is 488. The Morgan fingerprint density at radius 3 is 2.40 bits per heavy atom. The normalized spacial score (nSPS) is 18.3. The molecule has 0 aromatic carbocycles. The molecule has 2 rings (SSSR count). The van der Waals surface area contributed by atoms with Crippen molar-refractivity contribution in [1.29, 1.82) is 0 Å². The highest BCUT2D eigenvalue weighted by Gasteiger charge is 2.27. The summed E-state index contributed by atoms with van der Waals surface area (Å²) in [5, 5.41) is 4.22. The Balaban J connectivity index is 2.05. The maximum atomic E-state index is 12.6. The number of hydrogen-bond donors (Lipinski definition) is 1. The molecule has 1 unspecified atom stereocenters. The Labute approximate surface area is 120 Å². The number of nitrogen functional groups attached to an aromatic ring is 1. The first-order valence-electron chi connectivity index (χ1n) is 7.28. The molecular formula is C14H25N5O. The predicted molar refractivity (Wildman–Crippen MR) is 79.6 cm³/mol. The molecule has 1 aromatic heterocycles. The molecule has 2 heterocycles. The van der Waals surface area contributed by atoms with Gasteiger partial charge in [0.25, 0.3) is 5.91 Å². The number of piperazine rings is 1. The van der Waals surface area contributed by atoms with Gasteiger partial charge >= 0.3 is 0 Å². The number of amides is 1. The van der Waals surface area contributed by atoms with Gasteiger partial charge in [-0.15, -0.1) is 0 Å². The number of carbonyl (C=O) groups is 1. The zero-order valence-electron chi connectivity index (χ0n) is 12.9. The summed E-state index contributed by atoms with van der Waals surface area (Å²) in [6, 6.07) is 0.580. The SMILES string of the molecule is CCC(C)N1CCN(C(=O)c2c(N)c(C)nn2C)CC1. The van der Waals surface area contributed by atoms with Crippen molar-refractivity contribution < 1.29 is 4.79 Å². The maximum absolute atomic E-state index is 12.6. The number of aromatic nitrogens is 2. The fraction of sp³-hybridized carbons (Fsp3) is 0.714. The van der Waals surface area contributed by atoms with E-state index in [2.05, 4.69) is 23.8 Å². The second kappa shape index (κ2) is 5.83. The minimum atomic E-state index is -0.00518. The maximum Gasteiger partial charge on any atom is 0.274 e. The Morgan fingerprint density at radius 2 is 1.95 bits per heavy atom. The van der Waals surface area contributed by atoms with E-state index in [9.17, 15) is 4.79 Å². The van der Waals surface area contributed by atoms with Crippen LogP contribution >= 0.6 is 0 Å². The van der Waals surface area contributed by atoms with Crippen LogP contribution in [-0.4, -0.2) is 57.7 Å². The van der Waals surface area contributed by atoms with E-state index in [4.69, 9.17) is 5.73 Å². The van der Waals surface area contributed by atoms with E-state index in [1.165, 1.54) is 0 Å². The Hall–Kier alpha value is -1.56. The number of anilines is 1. The van der Waals surface area contributed by atoms with Crippen molar-refractivity contribution in [3.63, 3.8) is 0 Å². The average molecular weight is 279 g/mol. The van der Waals surface area contributed by atoms with Gasteiger partial charge in [0.2, 0.25) is 0 Å². The van der Waals surface area contributed by atoms with Crippen LogP contribution in [0.3, 0.4) is 0 Å². The van der Waals surface area contributed by atoms with Crippen molar-refractivity contribution in [3.8, 4) is 0 Å². The summed E-state index contributed by atoms with van der Waals surface area (Å²) in [7, 11) is 1.77. The van der Waals surface area contributed by atoms with Crippen LogP contribution in [0.2, 0.25) is 0 Å². The molecule has 0 bridgehead atoms. The summed E-state index contributed by atoms with van der Waals surface area (Å²) < 4.78 is 1.59. The molecule has 1 aromatic rings. The van der Waals surface area contributed by atoms with Crippen molar-refractivity contribution in [3.05, 3.63) is 11.4 Å². The summed E-state index contributed by atoms with van der Waals surface area (Å²) in [6.45, 7) is 9.63. The van der Waals surface area contributed by atoms with E-state index in [1.54, 1.807) is 11.7 Å². The third-order valence-corrected chi connectivity index (χ3v) is 4.29. The highest BCUT2D eigenvalue weighted by Crippen LogP contribution is 2.19. The fourth-order valence-electron chi connectivity index (χ4n) is 2.70. The van der Waals surface area contributed by atoms with Crippen LogP contribution in [0.1, 0.15) is 36.5 Å². The van der Waals surface area contributed by atoms with Gasteiger partial charge in [-0.1, -0.05) is 6.92 Å². The highest BCUT2D eigenvalue weighted by atomic mass is 16.2. The first kappa shape index (κ1) is 14.8. The van der Waals surface area contributed by atoms with Gasteiger partial charge in [-0.3, -0.25) is 14.4 Å². The van der Waals surface area contributed by atoms with E-state index in [0.29, 0.717) is 23.1 Å². The first-order valence-corrected chi connectivity index (χ1v) is 7.28. The lowest BCUT2D eigenvalue weighted by molar-refractivity contribution is 0.0570. The molecule has 1 atom stereocenters. The number of hydrogen-bond acceptors (Lipinski definition) is 4. The fourth-order valence-corrected chi connectivity index (χ4v) is 2.70. The zero-order valence-corrected chi connectivity index (χ0v) is 12.9. The predicted octanol–water partition coefficient (Wildman–Crippen LogP) is 0.867. The average Bonchev–Trinajstić information content (AvgIpc) is 2.71. The molecule has 1 amide bonds. The second-order valence-electron chi connectivity index (χ2n) is 5.56. The molecule has 6 heteroatoms. The van der Waals surface area contributed by atoms with E-state index in [-0.39, 0.29) is 5.91 Å². The Kier molecular flexibility index (Phi) is 4.32. The number of carbonyl (C=O) groups excluding carboxylic acids is 1. The van der Waals surface area contributed by atoms with Gasteiger partial charge < -0.3 is 10.6 Å². The molecule has 20 heavy (non-hydrogen) atoms. The van der Waals surface area contributed by atoms with Crippen LogP contribution < -0.4 is 5.73 Å². The van der Waals surface area contributed by atoms with E-state index >= 15 is 0 Å². The topological polar surface area (TPSA) is 67.4 Å². The molecule has 1 aliphatic rings. The lowest BCUT2D eigenvalue weighted by Gasteiger charge is -2.37. The molecule has 112 valence electrons. The van der Waals surface area contributed by atoms with Crippen molar-refractivity contribution in [2.75, 3.05) is 31.9 Å². The van der Waals surface area contributed by atoms with Crippen molar-refractivity contribution in [2.45, 2.75) is 33.2 Å². The summed E-state index contributed by atoms with van der Waals surface area (Å²) in [5.41, 5.74) is 7.70. The molecule has 1 saturated heterocycles. The minimum Gasteiger partial charge on any atom is -0.395 e. The summed E-state index contributed by atoms with van der Waals surface area (Å²) in [4.78, 5) is 16.9. The van der Waals surface area contributed by atoms with Gasteiger partial charge in [-0.05, 0) is 20.3 Å². The van der Waals surface area contributed by atoms with Crippen molar-refractivity contribution >= 4 is 11.6 Å². The van der Waals surface area contributed by atoms with Crippen LogP contribution in [0.15, 0.2) is 0 Å². The standard InChI is InChI=1S/C14H25N5O/c1-5-10(2)18-6-8-19(9-7-18)14(20)13-12(15)11(3)16-17(13)4/h10H,5-9,15H2,1-4H3. The first-order chi connectivity index (χ1) is 9.45. The number of rotatable bonds is 3. The molecule has 0 saturated carbocycles. The number of nitrogens with two attached hydrogens (primary N) is 1. The van der Waals surface area contributed by atoms with Gasteiger partial charge in [0.15, 0.2) is 0 Å². The van der Waals surface area contributed by atoms with Crippen LogP contribution in [0.25, 0.3) is 0 Å². The molecule has 1 fully saturated rings. The largest absolute Gasteiger partial charge is 0.395 e. The molecule has 1 aliphatic heterocycles. The number of aryl methyl sites for hydroxylation is 2. The van der Waals surface area contributed by atoms with Gasteiger partial charge in [-0.2, -0.15) is 5.10 Å². The summed E-state index contributed by atoms with van der Waals surface area (Å²) >= 11 is 0. The minimum absolute atomic E-state index is 0.00518. The van der Waals surface area contributed by atoms with Crippen LogP contribution in [0.5, 0.6) is 0 Å². The quantitative estimate of drug-likeness (QED) is 0.891. The molecular weight excluding hydrogens is 254 g/mol. The van der Waals surface area contributed by atoms with E-state index < -0.39 is 0 Å². The highest BCUT2D eigenvalue weighted by molar-refractivity contribution is 5.98. The lowest BCUT2D eigenvalue weighted by Crippen LogP contribution is -2.51. The van der Waals surface area contributed by atoms with Crippen LogP contribution in [0.4, 0.5) is 5.69 Å². The zero-order chi connectivity index (χ0) is 14.9. The van der Waals surface area contributed by atoms with Gasteiger partial charge in [0, 0.05) is 39.3 Å². The van der Waals surface area contributed by atoms with Gasteiger partial charge in [-0.25, -0.2) is 0 Å². The molecule has 0 aliphatic carbocycles. The monoisotopic (exact) mass is 279 g/mol. The third-order valence-electron chi connectivity index (χ3n) is 4.29. The molecule has 2 N–H and O–H groups in total. The summed E-state index contributed by atoms with van der Waals surface area (Å²) in [5.74, 6) is -0.00518. The van der Waals surface area contributed by atoms with Crippen molar-refractivity contribution in [2.24, 2.45) is 7.05 Å². The van der Waals surface area contributed by atoms with Crippen molar-refractivity contribution in [1.82, 2.24) is 19.6 Å². The molecule has 0 spiro atoms. The molecule has 0 radical (unpaired) electrons. The summed E-state index contributed by atoms with van der Waals surface area (Å²) in [6.07, 6.45) is 1.14. The van der Waals surface area contributed by atoms with Crippen LogP contribution in [0, 0.1) is 6.92 Å². The second-order valence-corrected chi connectivity index (χ2v) is 5.56. The third kappa shape index (κ3) is 2.65. The van der Waals surface area contributed by atoms with E-state index in [0.717, 1.165) is 32.6 Å². The van der Waals surface area contributed by atoms with Crippen LogP contribution in [-0.2, 0) is 7.05 Å².